The van der Waals surface area contributed by atoms with Gasteiger partial charge in [-0.3, -0.25) is 20.2 Å². The zero-order valence-corrected chi connectivity index (χ0v) is 10.8. The lowest BCUT2D eigenvalue weighted by molar-refractivity contribution is -0.544. The maximum absolute atomic E-state index is 11.7. The summed E-state index contributed by atoms with van der Waals surface area (Å²) in [6.45, 7) is 2.61. The van der Waals surface area contributed by atoms with Crippen LogP contribution in [-0.4, -0.2) is 57.8 Å². The standard InChI is InChI=1S/C10H16N4O5/c1-4(15)5-6-7(14(18)19)8(12-10(5,2)17)13(3)9(16)11-6/h5-8,12,17H,1-3H3,(H,11,16). The van der Waals surface area contributed by atoms with Gasteiger partial charge in [0.15, 0.2) is 6.17 Å². The predicted octanol–water partition coefficient (Wildman–Crippen LogP) is -1.50. The molecule has 0 aromatic rings. The van der Waals surface area contributed by atoms with E-state index in [1.807, 2.05) is 0 Å². The van der Waals surface area contributed by atoms with E-state index in [9.17, 15) is 24.8 Å². The van der Waals surface area contributed by atoms with Crippen molar-refractivity contribution in [2.75, 3.05) is 7.05 Å². The number of piperidine rings is 1. The quantitative estimate of drug-likeness (QED) is 0.415. The lowest BCUT2D eigenvalue weighted by Gasteiger charge is -2.52. The second-order valence-corrected chi connectivity index (χ2v) is 5.19. The molecule has 2 bridgehead atoms. The maximum Gasteiger partial charge on any atom is 0.319 e. The number of fused-ring (bicyclic) bond motifs is 2. The molecule has 2 saturated heterocycles. The Morgan fingerprint density at radius 3 is 2.63 bits per heavy atom. The zero-order valence-electron chi connectivity index (χ0n) is 10.8. The summed E-state index contributed by atoms with van der Waals surface area (Å²) in [5.74, 6) is -1.49. The van der Waals surface area contributed by atoms with Crippen LogP contribution in [0.2, 0.25) is 0 Å². The van der Waals surface area contributed by atoms with Crippen LogP contribution >= 0.6 is 0 Å². The molecule has 0 aromatic heterocycles. The van der Waals surface area contributed by atoms with Crippen LogP contribution in [0.5, 0.6) is 0 Å². The lowest BCUT2D eigenvalue weighted by Crippen LogP contribution is -2.82. The van der Waals surface area contributed by atoms with Crippen molar-refractivity contribution < 1.29 is 19.6 Å². The van der Waals surface area contributed by atoms with Gasteiger partial charge in [-0.15, -0.1) is 0 Å². The Kier molecular flexibility index (Phi) is 2.98. The minimum atomic E-state index is -1.62. The van der Waals surface area contributed by atoms with E-state index in [1.165, 1.54) is 20.9 Å². The molecule has 5 atom stereocenters. The highest BCUT2D eigenvalue weighted by Gasteiger charge is 2.62. The Hall–Kier alpha value is -1.74. The third-order valence-electron chi connectivity index (χ3n) is 3.81. The summed E-state index contributed by atoms with van der Waals surface area (Å²) in [6, 6.07) is -2.74. The van der Waals surface area contributed by atoms with Crippen LogP contribution in [0, 0.1) is 16.0 Å². The van der Waals surface area contributed by atoms with Crippen LogP contribution in [0.1, 0.15) is 13.8 Å². The smallest absolute Gasteiger partial charge is 0.319 e. The van der Waals surface area contributed by atoms with Crippen molar-refractivity contribution in [3.8, 4) is 0 Å². The number of amides is 2. The second kappa shape index (κ2) is 4.14. The molecule has 3 N–H and O–H groups in total. The first kappa shape index (κ1) is 13.7. The number of nitro groups is 1. The number of urea groups is 1. The molecule has 9 nitrogen and oxygen atoms in total. The van der Waals surface area contributed by atoms with Crippen LogP contribution in [-0.2, 0) is 4.79 Å². The summed E-state index contributed by atoms with van der Waals surface area (Å²) >= 11 is 0. The van der Waals surface area contributed by atoms with Gasteiger partial charge in [-0.25, -0.2) is 4.79 Å². The van der Waals surface area contributed by atoms with E-state index < -0.39 is 46.6 Å². The van der Waals surface area contributed by atoms with Crippen LogP contribution < -0.4 is 10.6 Å². The molecule has 5 unspecified atom stereocenters. The molecule has 2 aliphatic rings. The second-order valence-electron chi connectivity index (χ2n) is 5.19. The van der Waals surface area contributed by atoms with Gasteiger partial charge in [0.1, 0.15) is 17.6 Å². The molecule has 19 heavy (non-hydrogen) atoms. The van der Waals surface area contributed by atoms with Gasteiger partial charge in [-0.05, 0) is 13.8 Å². The van der Waals surface area contributed by atoms with E-state index in [1.54, 1.807) is 0 Å². The first-order chi connectivity index (χ1) is 8.66. The summed E-state index contributed by atoms with van der Waals surface area (Å²) in [5.41, 5.74) is -1.62. The van der Waals surface area contributed by atoms with Crippen molar-refractivity contribution in [1.82, 2.24) is 15.5 Å². The van der Waals surface area contributed by atoms with E-state index in [0.717, 1.165) is 4.90 Å². The van der Waals surface area contributed by atoms with E-state index in [0.29, 0.717) is 0 Å². The number of nitrogens with zero attached hydrogens (tertiary/aromatic N) is 2. The highest BCUT2D eigenvalue weighted by molar-refractivity contribution is 5.83. The largest absolute Gasteiger partial charge is 0.375 e. The number of hydrogen-bond donors (Lipinski definition) is 3. The minimum absolute atomic E-state index is 0.419. The average molecular weight is 272 g/mol. The van der Waals surface area contributed by atoms with Gasteiger partial charge in [0.25, 0.3) is 6.04 Å². The topological polar surface area (TPSA) is 125 Å². The molecule has 9 heteroatoms. The lowest BCUT2D eigenvalue weighted by atomic mass is 9.76. The fraction of sp³-hybridized carbons (Fsp3) is 0.800. The minimum Gasteiger partial charge on any atom is -0.375 e. The van der Waals surface area contributed by atoms with Crippen LogP contribution in [0.25, 0.3) is 0 Å². The Bertz CT molecular complexity index is 451. The molecule has 0 saturated carbocycles. The first-order valence-corrected chi connectivity index (χ1v) is 5.84. The Balaban J connectivity index is 2.48. The molecule has 0 aliphatic carbocycles. The molecular weight excluding hydrogens is 256 g/mol. The number of likely N-dealkylation sites (N-methyl/N-ethyl adjacent to an activating group) is 1. The fourth-order valence-electron chi connectivity index (χ4n) is 2.98. The number of hydrogen-bond acceptors (Lipinski definition) is 6. The molecule has 2 fully saturated rings. The fourth-order valence-corrected chi connectivity index (χ4v) is 2.98. The van der Waals surface area contributed by atoms with Crippen molar-refractivity contribution in [3.63, 3.8) is 0 Å². The Morgan fingerprint density at radius 1 is 1.58 bits per heavy atom. The summed E-state index contributed by atoms with van der Waals surface area (Å²) in [7, 11) is 1.39. The third kappa shape index (κ3) is 1.94. The summed E-state index contributed by atoms with van der Waals surface area (Å²) in [5, 5.41) is 26.5. The van der Waals surface area contributed by atoms with Gasteiger partial charge in [0.05, 0.1) is 5.92 Å². The van der Waals surface area contributed by atoms with Gasteiger partial charge in [0.2, 0.25) is 0 Å². The van der Waals surface area contributed by atoms with E-state index >= 15 is 0 Å². The summed E-state index contributed by atoms with van der Waals surface area (Å²) < 4.78 is 0. The summed E-state index contributed by atoms with van der Waals surface area (Å²) in [4.78, 5) is 35.2. The van der Waals surface area contributed by atoms with E-state index in [2.05, 4.69) is 10.6 Å². The third-order valence-corrected chi connectivity index (χ3v) is 3.81. The molecule has 0 spiro atoms. The SMILES string of the molecule is CC(=O)C1C2NC(=O)N(C)C(NC1(C)O)C2[N+](=O)[O-]. The number of rotatable bonds is 2. The molecule has 0 radical (unpaired) electrons. The van der Waals surface area contributed by atoms with Crippen molar-refractivity contribution in [2.45, 2.75) is 37.8 Å². The Labute approximate surface area is 109 Å². The number of carbonyl (C=O) groups excluding carboxylic acids is 2. The number of nitrogens with one attached hydrogen (secondary N) is 2. The van der Waals surface area contributed by atoms with Gasteiger partial charge in [0, 0.05) is 12.0 Å². The van der Waals surface area contributed by atoms with Crippen LogP contribution in [0.15, 0.2) is 0 Å². The molecule has 0 aromatic carbocycles. The number of ketones is 1. The van der Waals surface area contributed by atoms with Crippen molar-refractivity contribution in [3.05, 3.63) is 10.1 Å². The Morgan fingerprint density at radius 2 is 2.16 bits per heavy atom. The van der Waals surface area contributed by atoms with E-state index in [4.69, 9.17) is 0 Å². The van der Waals surface area contributed by atoms with Crippen molar-refractivity contribution in [1.29, 1.82) is 0 Å². The van der Waals surface area contributed by atoms with E-state index in [-0.39, 0.29) is 0 Å². The maximum atomic E-state index is 11.7. The van der Waals surface area contributed by atoms with Crippen LogP contribution in [0.4, 0.5) is 4.79 Å². The van der Waals surface area contributed by atoms with Crippen molar-refractivity contribution >= 4 is 11.8 Å². The molecular formula is C10H16N4O5. The molecule has 2 rings (SSSR count). The molecule has 2 amide bonds. The highest BCUT2D eigenvalue weighted by atomic mass is 16.6. The first-order valence-electron chi connectivity index (χ1n) is 5.84. The van der Waals surface area contributed by atoms with Gasteiger partial charge >= 0.3 is 6.03 Å². The summed E-state index contributed by atoms with van der Waals surface area (Å²) in [6.07, 6.45) is -0.959. The molecule has 2 aliphatic heterocycles. The number of carbonyl (C=O) groups is 2. The molecule has 2 heterocycles. The number of aliphatic hydroxyl groups is 1. The number of Topliss-reactive ketones (excluding diaryl/α,β-unsaturated/α-hetero) is 1. The van der Waals surface area contributed by atoms with Gasteiger partial charge in [-0.1, -0.05) is 0 Å². The monoisotopic (exact) mass is 272 g/mol. The molecule has 106 valence electrons. The van der Waals surface area contributed by atoms with Gasteiger partial charge < -0.3 is 15.3 Å². The predicted molar refractivity (Wildman–Crippen MR) is 62.6 cm³/mol. The van der Waals surface area contributed by atoms with Crippen molar-refractivity contribution in [2.24, 2.45) is 5.92 Å². The average Bonchev–Trinajstić information content (AvgIpc) is 2.22. The van der Waals surface area contributed by atoms with Crippen LogP contribution in [0.3, 0.4) is 0 Å². The van der Waals surface area contributed by atoms with Gasteiger partial charge in [-0.2, -0.15) is 0 Å². The zero-order chi connectivity index (χ0) is 14.5. The highest BCUT2D eigenvalue weighted by Crippen LogP contribution is 2.33. The normalized spacial score (nSPS) is 41.7.